The van der Waals surface area contributed by atoms with Crippen molar-refractivity contribution in [2.24, 2.45) is 16.7 Å². The first-order chi connectivity index (χ1) is 11.4. The third-order valence-corrected chi connectivity index (χ3v) is 9.78. The van der Waals surface area contributed by atoms with Gasteiger partial charge in [0, 0.05) is 30.8 Å². The molecule has 0 aliphatic heterocycles. The first-order valence-corrected chi connectivity index (χ1v) is 11.0. The highest BCUT2D eigenvalue weighted by molar-refractivity contribution is 6.62. The van der Waals surface area contributed by atoms with Gasteiger partial charge in [-0.1, -0.05) is 19.1 Å². The number of aliphatic carboxylic acids is 1. The van der Waals surface area contributed by atoms with E-state index in [1.807, 2.05) is 27.7 Å². The van der Waals surface area contributed by atoms with Crippen molar-refractivity contribution in [2.75, 3.05) is 19.8 Å². The molecular formula is C18H32O5Si. The topological polar surface area (TPSA) is 65.0 Å². The number of carboxylic acids is 1. The molecule has 2 aliphatic rings. The van der Waals surface area contributed by atoms with E-state index in [4.69, 9.17) is 13.3 Å². The summed E-state index contributed by atoms with van der Waals surface area (Å²) < 4.78 is 18.5. The van der Waals surface area contributed by atoms with Gasteiger partial charge in [0.2, 0.25) is 0 Å². The zero-order chi connectivity index (χ0) is 18.0. The molecular weight excluding hydrogens is 324 g/mol. The Morgan fingerprint density at radius 2 is 1.71 bits per heavy atom. The zero-order valence-corrected chi connectivity index (χ0v) is 16.6. The van der Waals surface area contributed by atoms with Crippen LogP contribution in [0.1, 0.15) is 53.9 Å². The van der Waals surface area contributed by atoms with Crippen LogP contribution in [0.3, 0.4) is 0 Å². The van der Waals surface area contributed by atoms with Crippen LogP contribution in [0.2, 0.25) is 5.54 Å². The van der Waals surface area contributed by atoms with Crippen LogP contribution in [0.4, 0.5) is 0 Å². The number of rotatable bonds is 10. The van der Waals surface area contributed by atoms with Crippen molar-refractivity contribution in [3.63, 3.8) is 0 Å². The Hall–Kier alpha value is -0.693. The summed E-state index contributed by atoms with van der Waals surface area (Å²) in [5.41, 5.74) is -1.30. The monoisotopic (exact) mass is 356 g/mol. The average molecular weight is 357 g/mol. The van der Waals surface area contributed by atoms with E-state index in [1.54, 1.807) is 0 Å². The lowest BCUT2D eigenvalue weighted by atomic mass is 9.63. The van der Waals surface area contributed by atoms with E-state index in [9.17, 15) is 9.90 Å². The Morgan fingerprint density at radius 3 is 2.08 bits per heavy atom. The quantitative estimate of drug-likeness (QED) is 0.475. The smallest absolute Gasteiger partial charge is 0.481 e. The van der Waals surface area contributed by atoms with Crippen LogP contribution >= 0.6 is 0 Å². The molecule has 0 heterocycles. The van der Waals surface area contributed by atoms with Crippen LogP contribution in [0.5, 0.6) is 0 Å². The van der Waals surface area contributed by atoms with Gasteiger partial charge in [-0.25, -0.2) is 0 Å². The van der Waals surface area contributed by atoms with Crippen LogP contribution in [-0.2, 0) is 18.1 Å². The second-order valence-electron chi connectivity index (χ2n) is 7.07. The molecule has 1 fully saturated rings. The maximum Gasteiger partial charge on any atom is 0.505 e. The molecule has 4 unspecified atom stereocenters. The molecule has 0 radical (unpaired) electrons. The predicted octanol–water partition coefficient (Wildman–Crippen LogP) is 3.87. The van der Waals surface area contributed by atoms with Crippen LogP contribution in [0.15, 0.2) is 12.2 Å². The summed E-state index contributed by atoms with van der Waals surface area (Å²) in [6.07, 6.45) is 6.66. The van der Waals surface area contributed by atoms with Gasteiger partial charge in [0.1, 0.15) is 0 Å². The number of fused-ring (bicyclic) bond motifs is 2. The summed E-state index contributed by atoms with van der Waals surface area (Å²) in [6, 6.07) is 0. The molecule has 4 atom stereocenters. The van der Waals surface area contributed by atoms with Crippen molar-refractivity contribution in [1.82, 2.24) is 0 Å². The second kappa shape index (κ2) is 7.28. The average Bonchev–Trinajstić information content (AvgIpc) is 3.05. The van der Waals surface area contributed by atoms with Gasteiger partial charge < -0.3 is 18.4 Å². The number of hydrogen-bond donors (Lipinski definition) is 1. The molecule has 0 aromatic rings. The molecule has 1 N–H and O–H groups in total. The molecule has 138 valence electrons. The van der Waals surface area contributed by atoms with Gasteiger partial charge in [-0.2, -0.15) is 0 Å². The summed E-state index contributed by atoms with van der Waals surface area (Å²) in [4.78, 5) is 12.2. The summed E-state index contributed by atoms with van der Waals surface area (Å²) in [6.45, 7) is 11.4. The minimum absolute atomic E-state index is 0.0466. The van der Waals surface area contributed by atoms with Gasteiger partial charge in [0.25, 0.3) is 0 Å². The van der Waals surface area contributed by atoms with Crippen molar-refractivity contribution in [3.05, 3.63) is 12.2 Å². The third kappa shape index (κ3) is 2.77. The number of carboxylic acid groups (broad SMARTS) is 1. The Morgan fingerprint density at radius 1 is 1.17 bits per heavy atom. The number of allylic oxidation sites excluding steroid dienone is 2. The van der Waals surface area contributed by atoms with Crippen LogP contribution in [0, 0.1) is 16.7 Å². The first kappa shape index (κ1) is 19.6. The molecule has 6 heteroatoms. The van der Waals surface area contributed by atoms with Crippen molar-refractivity contribution < 1.29 is 23.2 Å². The lowest BCUT2D eigenvalue weighted by molar-refractivity contribution is -0.153. The molecule has 2 aliphatic carbocycles. The molecule has 1 saturated carbocycles. The van der Waals surface area contributed by atoms with Gasteiger partial charge in [0.15, 0.2) is 0 Å². The zero-order valence-electron chi connectivity index (χ0n) is 15.6. The summed E-state index contributed by atoms with van der Waals surface area (Å²) in [7, 11) is -3.01. The van der Waals surface area contributed by atoms with Gasteiger partial charge in [-0.3, -0.25) is 4.79 Å². The molecule has 0 amide bonds. The molecule has 5 nitrogen and oxygen atoms in total. The Kier molecular flexibility index (Phi) is 5.95. The fraction of sp³-hybridized carbons (Fsp3) is 0.833. The van der Waals surface area contributed by atoms with Gasteiger partial charge >= 0.3 is 14.8 Å². The largest absolute Gasteiger partial charge is 0.505 e. The summed E-state index contributed by atoms with van der Waals surface area (Å²) in [5, 5.41) is 10.0. The van der Waals surface area contributed by atoms with Gasteiger partial charge in [0.05, 0.1) is 5.41 Å². The van der Waals surface area contributed by atoms with E-state index >= 15 is 0 Å². The van der Waals surface area contributed by atoms with Gasteiger partial charge in [-0.05, 0) is 52.9 Å². The minimum atomic E-state index is -3.01. The standard InChI is InChI=1S/C18H32O5Si/c1-6-15(24(21-7-2,22-8-3)23-9-4)18-11-10-14(13-18)12-17(18,5)16(19)20/h10-11,14-15H,6-9,12-13H2,1-5H3,(H,19,20). The molecule has 24 heavy (non-hydrogen) atoms. The minimum Gasteiger partial charge on any atom is -0.481 e. The van der Waals surface area contributed by atoms with Crippen molar-refractivity contribution in [2.45, 2.75) is 59.4 Å². The van der Waals surface area contributed by atoms with E-state index in [-0.39, 0.29) is 5.54 Å². The normalized spacial score (nSPS) is 33.1. The van der Waals surface area contributed by atoms with E-state index < -0.39 is 25.6 Å². The van der Waals surface area contributed by atoms with Crippen molar-refractivity contribution in [3.8, 4) is 0 Å². The number of carbonyl (C=O) groups is 1. The third-order valence-electron chi connectivity index (χ3n) is 5.93. The van der Waals surface area contributed by atoms with Crippen LogP contribution in [0.25, 0.3) is 0 Å². The van der Waals surface area contributed by atoms with Crippen LogP contribution < -0.4 is 0 Å². The maximum atomic E-state index is 12.2. The number of hydrogen-bond acceptors (Lipinski definition) is 4. The second-order valence-corrected chi connectivity index (χ2v) is 9.84. The molecule has 2 bridgehead atoms. The van der Waals surface area contributed by atoms with E-state index in [1.165, 1.54) is 0 Å². The fourth-order valence-corrected chi connectivity index (χ4v) is 8.76. The van der Waals surface area contributed by atoms with Crippen molar-refractivity contribution >= 4 is 14.8 Å². The fourth-order valence-electron chi connectivity index (χ4n) is 5.03. The maximum absolute atomic E-state index is 12.2. The highest BCUT2D eigenvalue weighted by atomic mass is 28.4. The highest BCUT2D eigenvalue weighted by Crippen LogP contribution is 2.68. The van der Waals surface area contributed by atoms with Gasteiger partial charge in [-0.15, -0.1) is 0 Å². The molecule has 0 aromatic heterocycles. The molecule has 0 spiro atoms. The molecule has 2 rings (SSSR count). The van der Waals surface area contributed by atoms with Crippen molar-refractivity contribution in [1.29, 1.82) is 0 Å². The Bertz CT molecular complexity index is 477. The Balaban J connectivity index is 2.54. The predicted molar refractivity (Wildman–Crippen MR) is 94.7 cm³/mol. The lowest BCUT2D eigenvalue weighted by Gasteiger charge is -2.49. The molecule has 0 aromatic carbocycles. The first-order valence-electron chi connectivity index (χ1n) is 9.20. The van der Waals surface area contributed by atoms with Crippen LogP contribution in [-0.4, -0.2) is 39.7 Å². The lowest BCUT2D eigenvalue weighted by Crippen LogP contribution is -2.58. The summed E-state index contributed by atoms with van der Waals surface area (Å²) in [5.74, 6) is -0.392. The Labute approximate surface area is 146 Å². The molecule has 0 saturated heterocycles. The highest BCUT2D eigenvalue weighted by Gasteiger charge is 2.69. The van der Waals surface area contributed by atoms with E-state index in [2.05, 4.69) is 19.1 Å². The SMILES string of the molecule is CCO[Si](OCC)(OCC)C(CC)C12C=CC(CC1(C)C(=O)O)C2. The van der Waals surface area contributed by atoms with E-state index in [0.29, 0.717) is 32.2 Å². The summed E-state index contributed by atoms with van der Waals surface area (Å²) >= 11 is 0. The van der Waals surface area contributed by atoms with E-state index in [0.717, 1.165) is 12.8 Å².